The molecule has 0 saturated carbocycles. The van der Waals surface area contributed by atoms with Crippen molar-refractivity contribution in [1.29, 1.82) is 10.5 Å². The van der Waals surface area contributed by atoms with Crippen LogP contribution in [0.4, 0.5) is 5.69 Å². The lowest BCUT2D eigenvalue weighted by Gasteiger charge is -2.09. The van der Waals surface area contributed by atoms with E-state index >= 15 is 0 Å². The quantitative estimate of drug-likeness (QED) is 0.327. The Balaban J connectivity index is 2.27. The number of ether oxygens (including phenoxy) is 1. The van der Waals surface area contributed by atoms with E-state index in [2.05, 4.69) is 43.8 Å². The van der Waals surface area contributed by atoms with Crippen LogP contribution in [0.5, 0.6) is 5.75 Å². The zero-order valence-corrected chi connectivity index (χ0v) is 18.4. The number of halogens is 2. The van der Waals surface area contributed by atoms with Crippen LogP contribution in [0.3, 0.4) is 0 Å². The summed E-state index contributed by atoms with van der Waals surface area (Å²) in [6.07, 6.45) is 1.51. The van der Waals surface area contributed by atoms with Crippen LogP contribution in [0.25, 0.3) is 6.08 Å². The molecule has 5 nitrogen and oxygen atoms in total. The van der Waals surface area contributed by atoms with Gasteiger partial charge in [0.05, 0.1) is 8.04 Å². The number of aryl methyl sites for hydroxylation is 2. The van der Waals surface area contributed by atoms with Gasteiger partial charge in [-0.2, -0.15) is 10.5 Å². The van der Waals surface area contributed by atoms with Crippen LogP contribution in [0.15, 0.2) is 40.4 Å². The van der Waals surface area contributed by atoms with Gasteiger partial charge in [-0.25, -0.2) is 0 Å². The number of anilines is 1. The first-order valence-corrected chi connectivity index (χ1v) is 9.72. The normalized spacial score (nSPS) is 10.7. The van der Waals surface area contributed by atoms with Crippen LogP contribution in [0.1, 0.15) is 16.7 Å². The third-order valence-electron chi connectivity index (χ3n) is 3.74. The molecule has 136 valence electrons. The van der Waals surface area contributed by atoms with Gasteiger partial charge in [0.1, 0.15) is 23.5 Å². The highest BCUT2D eigenvalue weighted by Crippen LogP contribution is 2.32. The van der Waals surface area contributed by atoms with Crippen molar-refractivity contribution in [2.24, 2.45) is 0 Å². The van der Waals surface area contributed by atoms with Crippen LogP contribution in [-0.4, -0.2) is 12.5 Å². The molecule has 0 aliphatic rings. The van der Waals surface area contributed by atoms with Crippen molar-refractivity contribution in [2.75, 3.05) is 11.9 Å². The lowest BCUT2D eigenvalue weighted by molar-refractivity contribution is -0.112. The van der Waals surface area contributed by atoms with Gasteiger partial charge < -0.3 is 10.1 Å². The molecule has 1 amide bonds. The number of nitrogens with zero attached hydrogens (tertiary/aromatic N) is 2. The zero-order chi connectivity index (χ0) is 20.0. The fourth-order valence-electron chi connectivity index (χ4n) is 2.24. The van der Waals surface area contributed by atoms with Crippen molar-refractivity contribution in [3.8, 4) is 17.9 Å². The second kappa shape index (κ2) is 9.54. The molecule has 0 spiro atoms. The summed E-state index contributed by atoms with van der Waals surface area (Å²) in [5, 5.41) is 20.8. The standard InChI is InChI=1S/C20H15BrIN3O2/c1-12-3-4-16(7-13(12)2)25-20(26)15(11-24)8-14-9-17(21)19(18(22)10-14)27-6-5-23/h3-4,7-10H,6H2,1-2H3,(H,25,26)/b15-8+. The lowest BCUT2D eigenvalue weighted by Crippen LogP contribution is -2.13. The monoisotopic (exact) mass is 535 g/mol. The van der Waals surface area contributed by atoms with Gasteiger partial charge in [0.25, 0.3) is 5.91 Å². The topological polar surface area (TPSA) is 85.9 Å². The lowest BCUT2D eigenvalue weighted by atomic mass is 10.1. The third-order valence-corrected chi connectivity index (χ3v) is 5.13. The molecule has 2 aromatic carbocycles. The minimum Gasteiger partial charge on any atom is -0.476 e. The van der Waals surface area contributed by atoms with E-state index < -0.39 is 5.91 Å². The van der Waals surface area contributed by atoms with E-state index in [4.69, 9.17) is 10.00 Å². The number of benzene rings is 2. The van der Waals surface area contributed by atoms with E-state index in [9.17, 15) is 10.1 Å². The zero-order valence-electron chi connectivity index (χ0n) is 14.6. The number of rotatable bonds is 5. The molecule has 27 heavy (non-hydrogen) atoms. The molecule has 0 saturated heterocycles. The minimum atomic E-state index is -0.475. The van der Waals surface area contributed by atoms with Crippen molar-refractivity contribution in [1.82, 2.24) is 0 Å². The Hall–Kier alpha value is -2.36. The summed E-state index contributed by atoms with van der Waals surface area (Å²) in [4.78, 5) is 12.4. The Morgan fingerprint density at radius 3 is 2.59 bits per heavy atom. The van der Waals surface area contributed by atoms with Crippen molar-refractivity contribution in [2.45, 2.75) is 13.8 Å². The second-order valence-electron chi connectivity index (χ2n) is 5.68. The molecule has 0 aliphatic heterocycles. The molecule has 7 heteroatoms. The summed E-state index contributed by atoms with van der Waals surface area (Å²) < 4.78 is 6.77. The molecular formula is C20H15BrIN3O2. The summed E-state index contributed by atoms with van der Waals surface area (Å²) in [5.41, 5.74) is 3.48. The Bertz CT molecular complexity index is 980. The molecule has 2 aromatic rings. The van der Waals surface area contributed by atoms with Gasteiger partial charge in [-0.1, -0.05) is 6.07 Å². The SMILES string of the molecule is Cc1ccc(NC(=O)/C(C#N)=C/c2cc(Br)c(OCC#N)c(I)c2)cc1C. The predicted molar refractivity (Wildman–Crippen MR) is 116 cm³/mol. The van der Waals surface area contributed by atoms with Gasteiger partial charge in [-0.15, -0.1) is 0 Å². The van der Waals surface area contributed by atoms with Crippen molar-refractivity contribution in [3.63, 3.8) is 0 Å². The average molecular weight is 536 g/mol. The summed E-state index contributed by atoms with van der Waals surface area (Å²) >= 11 is 5.47. The highest BCUT2D eigenvalue weighted by Gasteiger charge is 2.13. The Morgan fingerprint density at radius 1 is 1.26 bits per heavy atom. The van der Waals surface area contributed by atoms with Gasteiger partial charge in [-0.05, 0) is 99.4 Å². The van der Waals surface area contributed by atoms with Gasteiger partial charge in [0, 0.05) is 5.69 Å². The van der Waals surface area contributed by atoms with Gasteiger partial charge in [-0.3, -0.25) is 4.79 Å². The first-order valence-electron chi connectivity index (χ1n) is 7.85. The molecule has 0 unspecified atom stereocenters. The minimum absolute atomic E-state index is 0.0124. The summed E-state index contributed by atoms with van der Waals surface area (Å²) in [6, 6.07) is 12.9. The number of hydrogen-bond acceptors (Lipinski definition) is 4. The molecular weight excluding hydrogens is 521 g/mol. The van der Waals surface area contributed by atoms with Crippen LogP contribution in [0.2, 0.25) is 0 Å². The first kappa shape index (κ1) is 20.9. The van der Waals surface area contributed by atoms with E-state index in [1.165, 1.54) is 6.08 Å². The van der Waals surface area contributed by atoms with Crippen LogP contribution < -0.4 is 10.1 Å². The van der Waals surface area contributed by atoms with Crippen LogP contribution in [0, 0.1) is 40.1 Å². The summed E-state index contributed by atoms with van der Waals surface area (Å²) in [7, 11) is 0. The Morgan fingerprint density at radius 2 is 2.00 bits per heavy atom. The second-order valence-corrected chi connectivity index (χ2v) is 7.70. The molecule has 0 bridgehead atoms. The molecule has 0 radical (unpaired) electrons. The smallest absolute Gasteiger partial charge is 0.266 e. The molecule has 0 fully saturated rings. The highest BCUT2D eigenvalue weighted by molar-refractivity contribution is 14.1. The largest absolute Gasteiger partial charge is 0.476 e. The summed E-state index contributed by atoms with van der Waals surface area (Å²) in [6.45, 7) is 3.89. The van der Waals surface area contributed by atoms with Gasteiger partial charge in [0.15, 0.2) is 6.61 Å². The molecule has 2 rings (SSSR count). The third kappa shape index (κ3) is 5.56. The predicted octanol–water partition coefficient (Wildman–Crippen LogP) is 5.12. The number of hydrogen-bond donors (Lipinski definition) is 1. The maximum Gasteiger partial charge on any atom is 0.266 e. The maximum absolute atomic E-state index is 12.4. The van der Waals surface area contributed by atoms with E-state index in [0.717, 1.165) is 14.7 Å². The van der Waals surface area contributed by atoms with Gasteiger partial charge >= 0.3 is 0 Å². The molecule has 0 heterocycles. The number of amides is 1. The Labute approximate surface area is 179 Å². The van der Waals surface area contributed by atoms with E-state index in [0.29, 0.717) is 21.5 Å². The van der Waals surface area contributed by atoms with Crippen LogP contribution in [-0.2, 0) is 4.79 Å². The van der Waals surface area contributed by atoms with Crippen LogP contribution >= 0.6 is 38.5 Å². The van der Waals surface area contributed by atoms with E-state index in [1.807, 2.05) is 38.1 Å². The maximum atomic E-state index is 12.4. The molecule has 0 aliphatic carbocycles. The number of carbonyl (C=O) groups is 1. The number of carbonyl (C=O) groups excluding carboxylic acids is 1. The fourth-order valence-corrected chi connectivity index (χ4v) is 4.01. The molecule has 0 aromatic heterocycles. The molecule has 1 N–H and O–H groups in total. The fraction of sp³-hybridized carbons (Fsp3) is 0.150. The number of nitriles is 2. The van der Waals surface area contributed by atoms with Crippen molar-refractivity contribution in [3.05, 3.63) is 60.6 Å². The molecule has 0 atom stereocenters. The van der Waals surface area contributed by atoms with Crippen molar-refractivity contribution >= 4 is 56.2 Å². The summed E-state index contributed by atoms with van der Waals surface area (Å²) in [5.74, 6) is 0.0732. The van der Waals surface area contributed by atoms with Crippen molar-refractivity contribution < 1.29 is 9.53 Å². The Kier molecular flexibility index (Phi) is 7.40. The highest BCUT2D eigenvalue weighted by atomic mass is 127. The average Bonchev–Trinajstić information content (AvgIpc) is 2.62. The van der Waals surface area contributed by atoms with E-state index in [1.54, 1.807) is 18.2 Å². The first-order chi connectivity index (χ1) is 12.8. The number of nitrogens with one attached hydrogen (secondary N) is 1. The van der Waals surface area contributed by atoms with E-state index in [-0.39, 0.29) is 12.2 Å². The van der Waals surface area contributed by atoms with Gasteiger partial charge in [0.2, 0.25) is 0 Å².